The van der Waals surface area contributed by atoms with E-state index < -0.39 is 0 Å². The van der Waals surface area contributed by atoms with Crippen molar-refractivity contribution >= 4 is 5.69 Å². The maximum Gasteiger partial charge on any atom is 0.166 e. The van der Waals surface area contributed by atoms with Crippen LogP contribution >= 0.6 is 0 Å². The molecule has 0 radical (unpaired) electrons. The standard InChI is InChI=1S/C16H13N5/c1-21-10-19-20-16(21)14-13(11-5-3-2-4-6-11)8-7-12(9-17)15(14)18/h2-8,10H,18H2,1H3. The number of nitrogens with two attached hydrogens (primary N) is 1. The second-order valence-electron chi connectivity index (χ2n) is 4.69. The maximum absolute atomic E-state index is 9.20. The molecule has 0 bridgehead atoms. The summed E-state index contributed by atoms with van der Waals surface area (Å²) >= 11 is 0. The van der Waals surface area contributed by atoms with Crippen LogP contribution in [0, 0.1) is 11.3 Å². The molecule has 0 spiro atoms. The molecule has 3 aromatic rings. The fourth-order valence-corrected chi connectivity index (χ4v) is 2.33. The number of aromatic nitrogens is 3. The summed E-state index contributed by atoms with van der Waals surface area (Å²) in [4.78, 5) is 0. The number of nitrogens with zero attached hydrogens (tertiary/aromatic N) is 4. The highest BCUT2D eigenvalue weighted by Gasteiger charge is 2.17. The lowest BCUT2D eigenvalue weighted by atomic mass is 9.95. The quantitative estimate of drug-likeness (QED) is 0.729. The third-order valence-corrected chi connectivity index (χ3v) is 3.39. The highest BCUT2D eigenvalue weighted by molar-refractivity contribution is 5.91. The van der Waals surface area contributed by atoms with Crippen molar-refractivity contribution < 1.29 is 0 Å². The summed E-state index contributed by atoms with van der Waals surface area (Å²) < 4.78 is 1.79. The van der Waals surface area contributed by atoms with Crippen LogP contribution in [0.3, 0.4) is 0 Å². The third kappa shape index (κ3) is 2.13. The number of rotatable bonds is 2. The highest BCUT2D eigenvalue weighted by atomic mass is 15.2. The Bertz CT molecular complexity index is 828. The van der Waals surface area contributed by atoms with E-state index in [1.54, 1.807) is 17.0 Å². The molecule has 0 fully saturated rings. The number of nitriles is 1. The summed E-state index contributed by atoms with van der Waals surface area (Å²) in [6, 6.07) is 15.6. The van der Waals surface area contributed by atoms with Gasteiger partial charge in [0.15, 0.2) is 5.82 Å². The van der Waals surface area contributed by atoms with Crippen LogP contribution in [0.5, 0.6) is 0 Å². The molecule has 1 aromatic heterocycles. The molecule has 0 aliphatic carbocycles. The van der Waals surface area contributed by atoms with Gasteiger partial charge in [0, 0.05) is 7.05 Å². The molecule has 0 amide bonds. The zero-order valence-electron chi connectivity index (χ0n) is 11.5. The second-order valence-corrected chi connectivity index (χ2v) is 4.69. The van der Waals surface area contributed by atoms with E-state index in [1.165, 1.54) is 0 Å². The van der Waals surface area contributed by atoms with Gasteiger partial charge < -0.3 is 10.3 Å². The predicted molar refractivity (Wildman–Crippen MR) is 81.0 cm³/mol. The minimum Gasteiger partial charge on any atom is -0.397 e. The minimum atomic E-state index is 0.426. The SMILES string of the molecule is Cn1cnnc1-c1c(-c2ccccc2)ccc(C#N)c1N. The molecule has 2 aromatic carbocycles. The summed E-state index contributed by atoms with van der Waals surface area (Å²) in [7, 11) is 1.85. The lowest BCUT2D eigenvalue weighted by molar-refractivity contribution is 0.920. The van der Waals surface area contributed by atoms with Gasteiger partial charge >= 0.3 is 0 Å². The molecule has 21 heavy (non-hydrogen) atoms. The van der Waals surface area contributed by atoms with Gasteiger partial charge in [-0.05, 0) is 17.2 Å². The first-order valence-electron chi connectivity index (χ1n) is 6.44. The number of hydrogen-bond acceptors (Lipinski definition) is 4. The van der Waals surface area contributed by atoms with Crippen molar-refractivity contribution in [1.29, 1.82) is 5.26 Å². The third-order valence-electron chi connectivity index (χ3n) is 3.39. The number of hydrogen-bond donors (Lipinski definition) is 1. The Kier molecular flexibility index (Phi) is 3.13. The smallest absolute Gasteiger partial charge is 0.166 e. The lowest BCUT2D eigenvalue weighted by Gasteiger charge is -2.13. The van der Waals surface area contributed by atoms with Gasteiger partial charge in [-0.2, -0.15) is 5.26 Å². The fraction of sp³-hybridized carbons (Fsp3) is 0.0625. The second kappa shape index (κ2) is 5.10. The van der Waals surface area contributed by atoms with Gasteiger partial charge in [0.1, 0.15) is 12.4 Å². The zero-order chi connectivity index (χ0) is 14.8. The molecule has 0 saturated heterocycles. The highest BCUT2D eigenvalue weighted by Crippen LogP contribution is 2.36. The van der Waals surface area contributed by atoms with E-state index in [0.717, 1.165) is 16.7 Å². The largest absolute Gasteiger partial charge is 0.397 e. The van der Waals surface area contributed by atoms with Crippen LogP contribution in [0.15, 0.2) is 48.8 Å². The van der Waals surface area contributed by atoms with Crippen molar-refractivity contribution in [3.05, 3.63) is 54.4 Å². The van der Waals surface area contributed by atoms with Gasteiger partial charge in [0.05, 0.1) is 16.8 Å². The van der Waals surface area contributed by atoms with Crippen LogP contribution in [0.2, 0.25) is 0 Å². The van der Waals surface area contributed by atoms with Gasteiger partial charge in [0.25, 0.3) is 0 Å². The van der Waals surface area contributed by atoms with Crippen molar-refractivity contribution in [3.8, 4) is 28.6 Å². The molecule has 0 saturated carbocycles. The molecule has 102 valence electrons. The maximum atomic E-state index is 9.20. The van der Waals surface area contributed by atoms with Crippen molar-refractivity contribution in [2.45, 2.75) is 0 Å². The fourth-order valence-electron chi connectivity index (χ4n) is 2.33. The van der Waals surface area contributed by atoms with Crippen molar-refractivity contribution in [2.24, 2.45) is 7.05 Å². The molecule has 0 aliphatic rings. The van der Waals surface area contributed by atoms with Gasteiger partial charge in [-0.3, -0.25) is 0 Å². The van der Waals surface area contributed by atoms with Crippen molar-refractivity contribution in [1.82, 2.24) is 14.8 Å². The van der Waals surface area contributed by atoms with E-state index in [9.17, 15) is 5.26 Å². The first-order chi connectivity index (χ1) is 10.2. The molecule has 5 heteroatoms. The molecular formula is C16H13N5. The van der Waals surface area contributed by atoms with Crippen LogP contribution in [-0.4, -0.2) is 14.8 Å². The summed E-state index contributed by atoms with van der Waals surface area (Å²) in [5.74, 6) is 0.642. The molecule has 0 aliphatic heterocycles. The topological polar surface area (TPSA) is 80.5 Å². The van der Waals surface area contributed by atoms with Crippen LogP contribution in [0.25, 0.3) is 22.5 Å². The van der Waals surface area contributed by atoms with E-state index in [-0.39, 0.29) is 0 Å². The average Bonchev–Trinajstić information content (AvgIpc) is 2.93. The van der Waals surface area contributed by atoms with Crippen molar-refractivity contribution in [3.63, 3.8) is 0 Å². The van der Waals surface area contributed by atoms with Gasteiger partial charge in [0.2, 0.25) is 0 Å². The average molecular weight is 275 g/mol. The summed E-state index contributed by atoms with van der Waals surface area (Å²) in [6.07, 6.45) is 1.61. The van der Waals surface area contributed by atoms with E-state index in [2.05, 4.69) is 16.3 Å². The molecule has 2 N–H and O–H groups in total. The van der Waals surface area contributed by atoms with Crippen LogP contribution in [-0.2, 0) is 7.05 Å². The van der Waals surface area contributed by atoms with E-state index in [4.69, 9.17) is 5.73 Å². The van der Waals surface area contributed by atoms with Gasteiger partial charge in [-0.15, -0.1) is 10.2 Å². The molecule has 0 atom stereocenters. The summed E-state index contributed by atoms with van der Waals surface area (Å²) in [5.41, 5.74) is 9.74. The predicted octanol–water partition coefficient (Wildman–Crippen LogP) is 2.60. The molecule has 3 rings (SSSR count). The lowest BCUT2D eigenvalue weighted by Crippen LogP contribution is -2.01. The number of benzene rings is 2. The van der Waals surface area contributed by atoms with E-state index >= 15 is 0 Å². The van der Waals surface area contributed by atoms with Crippen molar-refractivity contribution in [2.75, 3.05) is 5.73 Å². The van der Waals surface area contributed by atoms with Crippen LogP contribution in [0.4, 0.5) is 5.69 Å². The van der Waals surface area contributed by atoms with E-state index in [1.807, 2.05) is 43.4 Å². The Morgan fingerprint density at radius 1 is 1.14 bits per heavy atom. The number of anilines is 1. The molecular weight excluding hydrogens is 262 g/mol. The Labute approximate surface area is 122 Å². The summed E-state index contributed by atoms with van der Waals surface area (Å²) in [5, 5.41) is 17.2. The first-order valence-corrected chi connectivity index (χ1v) is 6.44. The van der Waals surface area contributed by atoms with E-state index in [0.29, 0.717) is 17.1 Å². The first kappa shape index (κ1) is 12.9. The molecule has 0 unspecified atom stereocenters. The Hall–Kier alpha value is -3.13. The monoisotopic (exact) mass is 275 g/mol. The molecule has 5 nitrogen and oxygen atoms in total. The van der Waals surface area contributed by atoms with Gasteiger partial charge in [-0.25, -0.2) is 0 Å². The Morgan fingerprint density at radius 2 is 1.90 bits per heavy atom. The number of aryl methyl sites for hydroxylation is 1. The Balaban J connectivity index is 2.34. The number of nitrogen functional groups attached to an aromatic ring is 1. The molecule has 1 heterocycles. The van der Waals surface area contributed by atoms with Crippen LogP contribution < -0.4 is 5.73 Å². The normalized spacial score (nSPS) is 10.3. The van der Waals surface area contributed by atoms with Gasteiger partial charge in [-0.1, -0.05) is 36.4 Å². The minimum absolute atomic E-state index is 0.426. The Morgan fingerprint density at radius 3 is 2.52 bits per heavy atom. The zero-order valence-corrected chi connectivity index (χ0v) is 11.5. The van der Waals surface area contributed by atoms with Crippen LogP contribution in [0.1, 0.15) is 5.56 Å². The summed E-state index contributed by atoms with van der Waals surface area (Å²) in [6.45, 7) is 0.